The Morgan fingerprint density at radius 3 is 3.18 bits per heavy atom. The minimum Gasteiger partial charge on any atom is -0.493 e. The van der Waals surface area contributed by atoms with Crippen LogP contribution in [-0.2, 0) is 4.74 Å². The summed E-state index contributed by atoms with van der Waals surface area (Å²) in [6, 6.07) is 0. The summed E-state index contributed by atoms with van der Waals surface area (Å²) in [5, 5.41) is 0. The lowest BCUT2D eigenvalue weighted by Crippen LogP contribution is -1.96. The van der Waals surface area contributed by atoms with E-state index < -0.39 is 0 Å². The van der Waals surface area contributed by atoms with Gasteiger partial charge in [0.1, 0.15) is 5.76 Å². The van der Waals surface area contributed by atoms with Crippen LogP contribution in [0, 0.1) is 0 Å². The Hall–Kier alpha value is -0.760. The van der Waals surface area contributed by atoms with Crippen molar-refractivity contribution in [1.82, 2.24) is 0 Å². The van der Waals surface area contributed by atoms with Crippen LogP contribution in [0.5, 0.6) is 0 Å². The van der Waals surface area contributed by atoms with E-state index in [0.29, 0.717) is 6.54 Å². The van der Waals surface area contributed by atoms with Crippen molar-refractivity contribution in [1.29, 1.82) is 0 Å². The van der Waals surface area contributed by atoms with Crippen LogP contribution >= 0.6 is 0 Å². The second-order valence-corrected chi connectivity index (χ2v) is 2.67. The maximum atomic E-state index is 5.37. The molecule has 0 fully saturated rings. The molecule has 0 amide bonds. The molecule has 2 heteroatoms. The van der Waals surface area contributed by atoms with Crippen molar-refractivity contribution in [3.05, 3.63) is 23.5 Å². The van der Waals surface area contributed by atoms with Crippen LogP contribution in [0.15, 0.2) is 23.5 Å². The monoisotopic (exact) mass is 153 g/mol. The molecular formula is C9H15NO. The average molecular weight is 153 g/mol. The van der Waals surface area contributed by atoms with Crippen LogP contribution < -0.4 is 5.73 Å². The summed E-state index contributed by atoms with van der Waals surface area (Å²) >= 11 is 0. The molecular weight excluding hydrogens is 138 g/mol. The van der Waals surface area contributed by atoms with Gasteiger partial charge in [-0.05, 0) is 31.5 Å². The summed E-state index contributed by atoms with van der Waals surface area (Å²) < 4.78 is 5.36. The molecule has 1 aliphatic heterocycles. The van der Waals surface area contributed by atoms with Gasteiger partial charge in [-0.3, -0.25) is 0 Å². The smallest absolute Gasteiger partial charge is 0.118 e. The molecule has 0 saturated heterocycles. The summed E-state index contributed by atoms with van der Waals surface area (Å²) in [4.78, 5) is 0. The summed E-state index contributed by atoms with van der Waals surface area (Å²) in [7, 11) is 0. The molecule has 11 heavy (non-hydrogen) atoms. The van der Waals surface area contributed by atoms with Gasteiger partial charge in [0.25, 0.3) is 0 Å². The van der Waals surface area contributed by atoms with Gasteiger partial charge in [0.2, 0.25) is 0 Å². The van der Waals surface area contributed by atoms with Gasteiger partial charge in [0.15, 0.2) is 0 Å². The molecule has 0 bridgehead atoms. The molecule has 1 heterocycles. The van der Waals surface area contributed by atoms with Crippen LogP contribution in [0.1, 0.15) is 19.8 Å². The number of hydrogen-bond acceptors (Lipinski definition) is 2. The fourth-order valence-corrected chi connectivity index (χ4v) is 1.09. The Morgan fingerprint density at radius 2 is 2.64 bits per heavy atom. The van der Waals surface area contributed by atoms with E-state index in [-0.39, 0.29) is 0 Å². The third kappa shape index (κ3) is 2.39. The maximum Gasteiger partial charge on any atom is 0.118 e. The molecule has 0 unspecified atom stereocenters. The van der Waals surface area contributed by atoms with Crippen LogP contribution in [0.2, 0.25) is 0 Å². The van der Waals surface area contributed by atoms with Crippen molar-refractivity contribution < 1.29 is 4.74 Å². The lowest BCUT2D eigenvalue weighted by Gasteiger charge is -2.02. The maximum absolute atomic E-state index is 5.37. The predicted octanol–water partition coefficient (Wildman–Crippen LogP) is 1.59. The van der Waals surface area contributed by atoms with E-state index in [1.54, 1.807) is 0 Å². The van der Waals surface area contributed by atoms with Crippen molar-refractivity contribution in [3.63, 3.8) is 0 Å². The number of rotatable bonds is 3. The zero-order chi connectivity index (χ0) is 8.10. The fourth-order valence-electron chi connectivity index (χ4n) is 1.09. The topological polar surface area (TPSA) is 35.2 Å². The van der Waals surface area contributed by atoms with E-state index >= 15 is 0 Å². The minimum absolute atomic E-state index is 0.713. The summed E-state index contributed by atoms with van der Waals surface area (Å²) in [5.41, 5.74) is 6.59. The molecule has 0 atom stereocenters. The molecule has 0 spiro atoms. The fraction of sp³-hybridized carbons (Fsp3) is 0.556. The second kappa shape index (κ2) is 4.19. The van der Waals surface area contributed by atoms with Crippen LogP contribution in [0.3, 0.4) is 0 Å². The van der Waals surface area contributed by atoms with Crippen molar-refractivity contribution in [2.45, 2.75) is 19.8 Å². The van der Waals surface area contributed by atoms with Crippen LogP contribution in [-0.4, -0.2) is 13.2 Å². The molecule has 0 aromatic rings. The zero-order valence-electron chi connectivity index (χ0n) is 6.97. The van der Waals surface area contributed by atoms with E-state index in [9.17, 15) is 0 Å². The SMILES string of the molecule is CC(=CCCN)C1=CCCO1. The van der Waals surface area contributed by atoms with E-state index in [1.165, 1.54) is 5.57 Å². The van der Waals surface area contributed by atoms with Gasteiger partial charge < -0.3 is 10.5 Å². The second-order valence-electron chi connectivity index (χ2n) is 2.67. The Morgan fingerprint density at radius 1 is 1.82 bits per heavy atom. The van der Waals surface area contributed by atoms with Crippen molar-refractivity contribution in [2.24, 2.45) is 5.73 Å². The van der Waals surface area contributed by atoms with Crippen molar-refractivity contribution in [3.8, 4) is 0 Å². The Kier molecular flexibility index (Phi) is 3.17. The average Bonchev–Trinajstić information content (AvgIpc) is 2.52. The number of allylic oxidation sites excluding steroid dienone is 1. The van der Waals surface area contributed by atoms with Gasteiger partial charge in [-0.1, -0.05) is 6.08 Å². The lowest BCUT2D eigenvalue weighted by molar-refractivity contribution is 0.252. The molecule has 0 aromatic carbocycles. The summed E-state index contributed by atoms with van der Waals surface area (Å²) in [5.74, 6) is 1.04. The van der Waals surface area contributed by atoms with E-state index in [4.69, 9.17) is 10.5 Å². The summed E-state index contributed by atoms with van der Waals surface area (Å²) in [6.45, 7) is 3.61. The first-order valence-electron chi connectivity index (χ1n) is 4.04. The highest BCUT2D eigenvalue weighted by Crippen LogP contribution is 2.17. The Balaban J connectivity index is 2.45. The third-order valence-corrected chi connectivity index (χ3v) is 1.71. The van der Waals surface area contributed by atoms with E-state index in [1.807, 2.05) is 0 Å². The number of nitrogens with two attached hydrogens (primary N) is 1. The van der Waals surface area contributed by atoms with Gasteiger partial charge in [0, 0.05) is 6.42 Å². The largest absolute Gasteiger partial charge is 0.493 e. The molecule has 0 aromatic heterocycles. The molecule has 2 N–H and O–H groups in total. The number of hydrogen-bond donors (Lipinski definition) is 1. The molecule has 0 radical (unpaired) electrons. The van der Waals surface area contributed by atoms with Gasteiger partial charge in [0.05, 0.1) is 6.61 Å². The molecule has 0 aliphatic carbocycles. The number of ether oxygens (including phenoxy) is 1. The predicted molar refractivity (Wildman–Crippen MR) is 46.1 cm³/mol. The van der Waals surface area contributed by atoms with E-state index in [0.717, 1.165) is 25.2 Å². The van der Waals surface area contributed by atoms with Gasteiger partial charge in [-0.25, -0.2) is 0 Å². The highest BCUT2D eigenvalue weighted by atomic mass is 16.5. The summed E-state index contributed by atoms with van der Waals surface area (Å²) in [6.07, 6.45) is 6.23. The normalized spacial score (nSPS) is 18.0. The third-order valence-electron chi connectivity index (χ3n) is 1.71. The van der Waals surface area contributed by atoms with Crippen LogP contribution in [0.25, 0.3) is 0 Å². The molecule has 1 rings (SSSR count). The molecule has 62 valence electrons. The quantitative estimate of drug-likeness (QED) is 0.668. The minimum atomic E-state index is 0.713. The van der Waals surface area contributed by atoms with Crippen molar-refractivity contribution in [2.75, 3.05) is 13.2 Å². The standard InChI is InChI=1S/C9H15NO/c1-8(4-2-6-10)9-5-3-7-11-9/h4-5H,2-3,6-7,10H2,1H3. The van der Waals surface area contributed by atoms with Crippen molar-refractivity contribution >= 4 is 0 Å². The first-order valence-corrected chi connectivity index (χ1v) is 4.04. The highest BCUT2D eigenvalue weighted by Gasteiger charge is 2.05. The van der Waals surface area contributed by atoms with E-state index in [2.05, 4.69) is 19.1 Å². The van der Waals surface area contributed by atoms with Gasteiger partial charge in [-0.15, -0.1) is 0 Å². The van der Waals surface area contributed by atoms with Gasteiger partial charge in [-0.2, -0.15) is 0 Å². The Labute approximate surface area is 67.7 Å². The first kappa shape index (κ1) is 8.34. The molecule has 0 saturated carbocycles. The highest BCUT2D eigenvalue weighted by molar-refractivity contribution is 5.25. The Bertz CT molecular complexity index is 182. The molecule has 1 aliphatic rings. The lowest BCUT2D eigenvalue weighted by atomic mass is 10.2. The molecule has 2 nitrogen and oxygen atoms in total. The van der Waals surface area contributed by atoms with Crippen LogP contribution in [0.4, 0.5) is 0 Å². The first-order chi connectivity index (χ1) is 5.34. The van der Waals surface area contributed by atoms with Gasteiger partial charge >= 0.3 is 0 Å². The zero-order valence-corrected chi connectivity index (χ0v) is 6.97.